The summed E-state index contributed by atoms with van der Waals surface area (Å²) in [6.45, 7) is 2.58. The van der Waals surface area contributed by atoms with Crippen LogP contribution in [0.4, 0.5) is 11.5 Å². The standard InChI is InChI=1S/C23H20N6O2S/c1-13-20(10-30-13)31-19-6-14(15-8-27-29(2)9-15)5-18-22(19)23(25-11-24-18)28-16-3-4-17-21(7-16)32-12-26-17/h3-9,11-13,20H,10H2,1-2H3,(H,24,25,28)/t13-,20-/m0/s1. The molecule has 1 saturated heterocycles. The fourth-order valence-electron chi connectivity index (χ4n) is 3.81. The first kappa shape index (κ1) is 19.1. The highest BCUT2D eigenvalue weighted by Gasteiger charge is 2.31. The predicted octanol–water partition coefficient (Wildman–Crippen LogP) is 4.55. The van der Waals surface area contributed by atoms with Crippen LogP contribution in [0, 0.1) is 0 Å². The van der Waals surface area contributed by atoms with Crippen molar-refractivity contribution in [3.63, 3.8) is 0 Å². The Hall–Kier alpha value is -3.56. The average molecular weight is 445 g/mol. The van der Waals surface area contributed by atoms with Crippen LogP contribution in [-0.2, 0) is 11.8 Å². The lowest BCUT2D eigenvalue weighted by Gasteiger charge is -2.34. The number of rotatable bonds is 5. The summed E-state index contributed by atoms with van der Waals surface area (Å²) in [5.41, 5.74) is 6.56. The van der Waals surface area contributed by atoms with E-state index >= 15 is 0 Å². The molecular formula is C23H20N6O2S. The molecule has 2 atom stereocenters. The molecule has 2 aromatic carbocycles. The summed E-state index contributed by atoms with van der Waals surface area (Å²) >= 11 is 1.61. The lowest BCUT2D eigenvalue weighted by Crippen LogP contribution is -2.46. The number of aryl methyl sites for hydroxylation is 1. The van der Waals surface area contributed by atoms with E-state index in [1.54, 1.807) is 22.3 Å². The van der Waals surface area contributed by atoms with Gasteiger partial charge >= 0.3 is 0 Å². The number of anilines is 2. The van der Waals surface area contributed by atoms with E-state index in [4.69, 9.17) is 9.47 Å². The number of nitrogens with one attached hydrogen (secondary N) is 1. The Morgan fingerprint density at radius 2 is 2.06 bits per heavy atom. The predicted molar refractivity (Wildman–Crippen MR) is 124 cm³/mol. The van der Waals surface area contributed by atoms with Crippen LogP contribution >= 0.6 is 11.3 Å². The molecule has 8 nitrogen and oxygen atoms in total. The molecule has 0 unspecified atom stereocenters. The Morgan fingerprint density at radius 1 is 1.12 bits per heavy atom. The summed E-state index contributed by atoms with van der Waals surface area (Å²) in [5, 5.41) is 8.59. The second-order valence-electron chi connectivity index (χ2n) is 7.85. The van der Waals surface area contributed by atoms with Crippen LogP contribution in [0.25, 0.3) is 32.2 Å². The zero-order valence-electron chi connectivity index (χ0n) is 17.5. The molecular weight excluding hydrogens is 424 g/mol. The number of benzene rings is 2. The van der Waals surface area contributed by atoms with Crippen LogP contribution in [0.2, 0.25) is 0 Å². The smallest absolute Gasteiger partial charge is 0.148 e. The zero-order chi connectivity index (χ0) is 21.7. The summed E-state index contributed by atoms with van der Waals surface area (Å²) < 4.78 is 14.8. The maximum atomic E-state index is 6.40. The minimum absolute atomic E-state index is 0.0102. The van der Waals surface area contributed by atoms with Crippen molar-refractivity contribution >= 4 is 44.0 Å². The van der Waals surface area contributed by atoms with Crippen LogP contribution < -0.4 is 10.1 Å². The average Bonchev–Trinajstić information content (AvgIpc) is 3.44. The van der Waals surface area contributed by atoms with E-state index in [-0.39, 0.29) is 12.2 Å². The summed E-state index contributed by atoms with van der Waals surface area (Å²) in [5.74, 6) is 1.42. The molecule has 0 aliphatic carbocycles. The van der Waals surface area contributed by atoms with E-state index in [9.17, 15) is 0 Å². The Morgan fingerprint density at radius 3 is 2.84 bits per heavy atom. The third-order valence-electron chi connectivity index (χ3n) is 5.66. The van der Waals surface area contributed by atoms with Crippen LogP contribution in [-0.4, -0.2) is 43.5 Å². The number of thiazole rings is 1. The molecule has 160 valence electrons. The summed E-state index contributed by atoms with van der Waals surface area (Å²) in [6, 6.07) is 10.2. The van der Waals surface area contributed by atoms with Gasteiger partial charge in [0.05, 0.1) is 45.5 Å². The summed E-state index contributed by atoms with van der Waals surface area (Å²) in [7, 11) is 1.90. The van der Waals surface area contributed by atoms with E-state index in [1.165, 1.54) is 0 Å². The van der Waals surface area contributed by atoms with Gasteiger partial charge in [0.25, 0.3) is 0 Å². The van der Waals surface area contributed by atoms with Crippen molar-refractivity contribution in [3.05, 3.63) is 54.6 Å². The first-order valence-electron chi connectivity index (χ1n) is 10.3. The van der Waals surface area contributed by atoms with Gasteiger partial charge < -0.3 is 14.8 Å². The zero-order valence-corrected chi connectivity index (χ0v) is 18.3. The second kappa shape index (κ2) is 7.54. The molecule has 0 spiro atoms. The van der Waals surface area contributed by atoms with Gasteiger partial charge in [0.2, 0.25) is 0 Å². The van der Waals surface area contributed by atoms with Crippen LogP contribution in [0.15, 0.2) is 54.6 Å². The highest BCUT2D eigenvalue weighted by molar-refractivity contribution is 7.16. The van der Waals surface area contributed by atoms with Gasteiger partial charge in [-0.15, -0.1) is 11.3 Å². The minimum Gasteiger partial charge on any atom is -0.484 e. The molecule has 0 radical (unpaired) electrons. The molecule has 1 aliphatic rings. The third kappa shape index (κ3) is 3.35. The van der Waals surface area contributed by atoms with Crippen LogP contribution in [0.5, 0.6) is 5.75 Å². The SMILES string of the molecule is C[C@@H]1OC[C@@H]1Oc1cc(-c2cnn(C)c2)cc2ncnc(Nc3ccc4ncsc4c3)c12. The Balaban J connectivity index is 1.47. The van der Waals surface area contributed by atoms with Crippen molar-refractivity contribution in [2.24, 2.45) is 7.05 Å². The molecule has 4 heterocycles. The molecule has 6 rings (SSSR count). The van der Waals surface area contributed by atoms with Gasteiger partial charge in [-0.3, -0.25) is 4.68 Å². The van der Waals surface area contributed by atoms with Crippen molar-refractivity contribution < 1.29 is 9.47 Å². The van der Waals surface area contributed by atoms with Gasteiger partial charge in [0, 0.05) is 24.5 Å². The normalized spacial score (nSPS) is 18.1. The molecule has 3 aromatic heterocycles. The van der Waals surface area contributed by atoms with Gasteiger partial charge in [-0.2, -0.15) is 5.10 Å². The third-order valence-corrected chi connectivity index (χ3v) is 6.45. The number of hydrogen-bond acceptors (Lipinski definition) is 8. The van der Waals surface area contributed by atoms with Crippen molar-refractivity contribution in [2.75, 3.05) is 11.9 Å². The molecule has 1 aliphatic heterocycles. The molecule has 0 bridgehead atoms. The van der Waals surface area contributed by atoms with E-state index < -0.39 is 0 Å². The van der Waals surface area contributed by atoms with Gasteiger partial charge in [-0.1, -0.05) is 0 Å². The highest BCUT2D eigenvalue weighted by atomic mass is 32.1. The quantitative estimate of drug-likeness (QED) is 0.425. The van der Waals surface area contributed by atoms with Crippen LogP contribution in [0.1, 0.15) is 6.92 Å². The van der Waals surface area contributed by atoms with Crippen molar-refractivity contribution in [1.29, 1.82) is 0 Å². The van der Waals surface area contributed by atoms with Crippen molar-refractivity contribution in [1.82, 2.24) is 24.7 Å². The number of ether oxygens (including phenoxy) is 2. The number of fused-ring (bicyclic) bond motifs is 2. The molecule has 1 fully saturated rings. The maximum Gasteiger partial charge on any atom is 0.148 e. The first-order chi connectivity index (χ1) is 15.6. The van der Waals surface area contributed by atoms with E-state index in [0.717, 1.165) is 43.7 Å². The molecule has 1 N–H and O–H groups in total. The maximum absolute atomic E-state index is 6.40. The largest absolute Gasteiger partial charge is 0.484 e. The highest BCUT2D eigenvalue weighted by Crippen LogP contribution is 2.38. The van der Waals surface area contributed by atoms with Gasteiger partial charge in [-0.25, -0.2) is 15.0 Å². The Labute approximate surface area is 187 Å². The van der Waals surface area contributed by atoms with Crippen molar-refractivity contribution in [2.45, 2.75) is 19.1 Å². The summed E-state index contributed by atoms with van der Waals surface area (Å²) in [4.78, 5) is 13.4. The van der Waals surface area contributed by atoms with Gasteiger partial charge in [0.15, 0.2) is 0 Å². The molecule has 5 aromatic rings. The van der Waals surface area contributed by atoms with E-state index in [0.29, 0.717) is 12.4 Å². The molecule has 0 saturated carbocycles. The van der Waals surface area contributed by atoms with E-state index in [1.807, 2.05) is 56.1 Å². The lowest BCUT2D eigenvalue weighted by molar-refractivity contribution is -0.139. The second-order valence-corrected chi connectivity index (χ2v) is 8.73. The molecule has 9 heteroatoms. The number of hydrogen-bond donors (Lipinski definition) is 1. The fraction of sp³-hybridized carbons (Fsp3) is 0.217. The number of nitrogens with zero attached hydrogens (tertiary/aromatic N) is 5. The van der Waals surface area contributed by atoms with Crippen molar-refractivity contribution in [3.8, 4) is 16.9 Å². The van der Waals surface area contributed by atoms with Crippen LogP contribution in [0.3, 0.4) is 0 Å². The lowest BCUT2D eigenvalue weighted by atomic mass is 10.1. The summed E-state index contributed by atoms with van der Waals surface area (Å²) in [6.07, 6.45) is 5.42. The van der Waals surface area contributed by atoms with Gasteiger partial charge in [-0.05, 0) is 42.8 Å². The minimum atomic E-state index is -0.0102. The monoisotopic (exact) mass is 444 g/mol. The Kier molecular flexibility index (Phi) is 4.51. The molecule has 0 amide bonds. The number of aromatic nitrogens is 5. The van der Waals surface area contributed by atoms with E-state index in [2.05, 4.69) is 31.4 Å². The van der Waals surface area contributed by atoms with Gasteiger partial charge in [0.1, 0.15) is 24.0 Å². The molecule has 32 heavy (non-hydrogen) atoms. The fourth-order valence-corrected chi connectivity index (χ4v) is 4.52. The Bertz CT molecular complexity index is 1450. The first-order valence-corrected chi connectivity index (χ1v) is 11.2. The topological polar surface area (TPSA) is 87.0 Å².